The minimum absolute atomic E-state index is 0.0692. The molecule has 27 heavy (non-hydrogen) atoms. The zero-order valence-corrected chi connectivity index (χ0v) is 16.9. The Bertz CT molecular complexity index is 746. The molecule has 3 rings (SSSR count). The minimum atomic E-state index is 0.0692. The maximum Gasteiger partial charge on any atom is 0.251 e. The van der Waals surface area contributed by atoms with Gasteiger partial charge in [0.1, 0.15) is 0 Å². The van der Waals surface area contributed by atoms with Crippen LogP contribution in [-0.2, 0) is 6.42 Å². The Morgan fingerprint density at radius 2 is 1.67 bits per heavy atom. The van der Waals surface area contributed by atoms with Gasteiger partial charge in [0.15, 0.2) is 0 Å². The first-order valence-corrected chi connectivity index (χ1v) is 10.1. The van der Waals surface area contributed by atoms with Gasteiger partial charge in [0, 0.05) is 17.1 Å². The van der Waals surface area contributed by atoms with E-state index in [0.717, 1.165) is 43.2 Å². The van der Waals surface area contributed by atoms with E-state index in [-0.39, 0.29) is 17.5 Å². The number of hydrogen-bond donors (Lipinski definition) is 1. The van der Waals surface area contributed by atoms with E-state index in [1.165, 1.54) is 12.0 Å². The van der Waals surface area contributed by atoms with Crippen LogP contribution in [0.4, 0.5) is 0 Å². The largest absolute Gasteiger partial charge is 0.349 e. The predicted octanol–water partition coefficient (Wildman–Crippen LogP) is 4.60. The number of hydrogen-bond acceptors (Lipinski definition) is 2. The molecule has 0 aliphatic heterocycles. The molecule has 0 bridgehead atoms. The van der Waals surface area contributed by atoms with Gasteiger partial charge in [0.2, 0.25) is 0 Å². The molecule has 2 aromatic carbocycles. The van der Waals surface area contributed by atoms with Gasteiger partial charge in [-0.25, -0.2) is 0 Å². The summed E-state index contributed by atoms with van der Waals surface area (Å²) in [6, 6.07) is 18.9. The number of carbonyl (C=O) groups excluding carboxylic acids is 1. The van der Waals surface area contributed by atoms with Crippen LogP contribution in [0.2, 0.25) is 0 Å². The van der Waals surface area contributed by atoms with Gasteiger partial charge < -0.3 is 10.2 Å². The van der Waals surface area contributed by atoms with Crippen molar-refractivity contribution in [3.05, 3.63) is 71.3 Å². The maximum absolute atomic E-state index is 12.6. The van der Waals surface area contributed by atoms with Gasteiger partial charge in [0.05, 0.1) is 0 Å². The molecule has 0 atom stereocenters. The third-order valence-corrected chi connectivity index (χ3v) is 6.31. The van der Waals surface area contributed by atoms with E-state index in [2.05, 4.69) is 54.6 Å². The van der Waals surface area contributed by atoms with Gasteiger partial charge in [-0.3, -0.25) is 4.79 Å². The number of carbonyl (C=O) groups is 1. The van der Waals surface area contributed by atoms with Gasteiger partial charge in [0.25, 0.3) is 5.91 Å². The SMILES string of the molecule is Cc1ccccc1C(=O)NC1CCC(CCc2ccccc2)(N(C)C)CC1. The van der Waals surface area contributed by atoms with Gasteiger partial charge in [-0.2, -0.15) is 0 Å². The molecule has 1 aliphatic carbocycles. The highest BCUT2D eigenvalue weighted by atomic mass is 16.1. The normalized spacial score (nSPS) is 22.6. The molecule has 0 aromatic heterocycles. The van der Waals surface area contributed by atoms with Crippen LogP contribution in [0.3, 0.4) is 0 Å². The number of benzene rings is 2. The quantitative estimate of drug-likeness (QED) is 0.812. The Kier molecular flexibility index (Phi) is 6.33. The highest BCUT2D eigenvalue weighted by Gasteiger charge is 2.37. The molecule has 1 N–H and O–H groups in total. The summed E-state index contributed by atoms with van der Waals surface area (Å²) in [4.78, 5) is 15.0. The Balaban J connectivity index is 1.58. The van der Waals surface area contributed by atoms with Crippen molar-refractivity contribution in [2.75, 3.05) is 14.1 Å². The molecule has 0 saturated heterocycles. The van der Waals surface area contributed by atoms with Crippen molar-refractivity contribution in [2.24, 2.45) is 0 Å². The highest BCUT2D eigenvalue weighted by Crippen LogP contribution is 2.36. The summed E-state index contributed by atoms with van der Waals surface area (Å²) >= 11 is 0. The van der Waals surface area contributed by atoms with Gasteiger partial charge in [-0.15, -0.1) is 0 Å². The lowest BCUT2D eigenvalue weighted by atomic mass is 9.75. The van der Waals surface area contributed by atoms with Crippen molar-refractivity contribution in [1.29, 1.82) is 0 Å². The van der Waals surface area contributed by atoms with Crippen LogP contribution < -0.4 is 5.32 Å². The highest BCUT2D eigenvalue weighted by molar-refractivity contribution is 5.95. The molecule has 3 heteroatoms. The molecule has 2 aromatic rings. The lowest BCUT2D eigenvalue weighted by molar-refractivity contribution is 0.0717. The third-order valence-electron chi connectivity index (χ3n) is 6.31. The second kappa shape index (κ2) is 8.71. The summed E-state index contributed by atoms with van der Waals surface area (Å²) in [5, 5.41) is 3.27. The van der Waals surface area contributed by atoms with E-state index in [4.69, 9.17) is 0 Å². The first kappa shape index (κ1) is 19.6. The molecule has 1 aliphatic rings. The van der Waals surface area contributed by atoms with Crippen molar-refractivity contribution in [3.8, 4) is 0 Å². The van der Waals surface area contributed by atoms with E-state index in [9.17, 15) is 4.79 Å². The third kappa shape index (κ3) is 4.78. The fourth-order valence-corrected chi connectivity index (χ4v) is 4.33. The van der Waals surface area contributed by atoms with Gasteiger partial charge in [-0.1, -0.05) is 48.5 Å². The molecule has 1 saturated carbocycles. The van der Waals surface area contributed by atoms with Crippen LogP contribution in [-0.4, -0.2) is 36.5 Å². The smallest absolute Gasteiger partial charge is 0.251 e. The number of nitrogens with zero attached hydrogens (tertiary/aromatic N) is 1. The van der Waals surface area contributed by atoms with Crippen molar-refractivity contribution in [2.45, 2.75) is 57.0 Å². The average Bonchev–Trinajstić information content (AvgIpc) is 2.68. The second-order valence-electron chi connectivity index (χ2n) is 8.17. The fourth-order valence-electron chi connectivity index (χ4n) is 4.33. The van der Waals surface area contributed by atoms with Crippen molar-refractivity contribution >= 4 is 5.91 Å². The first-order valence-electron chi connectivity index (χ1n) is 10.1. The van der Waals surface area contributed by atoms with Crippen molar-refractivity contribution in [1.82, 2.24) is 10.2 Å². The number of amides is 1. The first-order chi connectivity index (χ1) is 13.0. The molecule has 0 radical (unpaired) electrons. The van der Waals surface area contributed by atoms with Crippen LogP contribution in [0.25, 0.3) is 0 Å². The molecule has 1 amide bonds. The van der Waals surface area contributed by atoms with E-state index in [1.807, 2.05) is 31.2 Å². The summed E-state index contributed by atoms with van der Waals surface area (Å²) in [6.45, 7) is 2.00. The summed E-state index contributed by atoms with van der Waals surface area (Å²) < 4.78 is 0. The summed E-state index contributed by atoms with van der Waals surface area (Å²) in [6.07, 6.45) is 6.63. The lowest BCUT2D eigenvalue weighted by Crippen LogP contribution is -2.51. The monoisotopic (exact) mass is 364 g/mol. The number of rotatable bonds is 6. The minimum Gasteiger partial charge on any atom is -0.349 e. The van der Waals surface area contributed by atoms with Crippen LogP contribution in [0, 0.1) is 6.92 Å². The van der Waals surface area contributed by atoms with Gasteiger partial charge in [-0.05, 0) is 76.7 Å². The standard InChI is InChI=1S/C24H32N2O/c1-19-9-7-8-12-22(19)23(27)25-21-14-17-24(18-15-21,26(2)3)16-13-20-10-5-4-6-11-20/h4-12,21H,13-18H2,1-3H3,(H,25,27). The number of aryl methyl sites for hydroxylation is 2. The van der Waals surface area contributed by atoms with Crippen LogP contribution in [0.15, 0.2) is 54.6 Å². The summed E-state index contributed by atoms with van der Waals surface area (Å²) in [5.74, 6) is 0.0692. The molecule has 0 unspecified atom stereocenters. The zero-order chi connectivity index (χ0) is 19.3. The molecule has 1 fully saturated rings. The Labute approximate surface area is 163 Å². The maximum atomic E-state index is 12.6. The molecule has 144 valence electrons. The lowest BCUT2D eigenvalue weighted by Gasteiger charge is -2.45. The fraction of sp³-hybridized carbons (Fsp3) is 0.458. The average molecular weight is 365 g/mol. The predicted molar refractivity (Wildman–Crippen MR) is 112 cm³/mol. The van der Waals surface area contributed by atoms with Gasteiger partial charge >= 0.3 is 0 Å². The van der Waals surface area contributed by atoms with Crippen LogP contribution in [0.5, 0.6) is 0 Å². The summed E-state index contributed by atoms with van der Waals surface area (Å²) in [5.41, 5.74) is 3.48. The summed E-state index contributed by atoms with van der Waals surface area (Å²) in [7, 11) is 4.41. The van der Waals surface area contributed by atoms with E-state index < -0.39 is 0 Å². The van der Waals surface area contributed by atoms with Crippen LogP contribution in [0.1, 0.15) is 53.6 Å². The molecule has 3 nitrogen and oxygen atoms in total. The van der Waals surface area contributed by atoms with E-state index >= 15 is 0 Å². The molecular weight excluding hydrogens is 332 g/mol. The molecular formula is C24H32N2O. The Morgan fingerprint density at radius 3 is 2.30 bits per heavy atom. The van der Waals surface area contributed by atoms with Crippen molar-refractivity contribution < 1.29 is 4.79 Å². The Hall–Kier alpha value is -2.13. The van der Waals surface area contributed by atoms with Crippen molar-refractivity contribution in [3.63, 3.8) is 0 Å². The molecule has 0 heterocycles. The van der Waals surface area contributed by atoms with E-state index in [1.54, 1.807) is 0 Å². The van der Waals surface area contributed by atoms with E-state index in [0.29, 0.717) is 0 Å². The topological polar surface area (TPSA) is 32.3 Å². The van der Waals surface area contributed by atoms with Crippen LogP contribution >= 0.6 is 0 Å². The molecule has 0 spiro atoms. The number of nitrogens with one attached hydrogen (secondary N) is 1. The Morgan fingerprint density at radius 1 is 1.04 bits per heavy atom. The second-order valence-corrected chi connectivity index (χ2v) is 8.17. The zero-order valence-electron chi connectivity index (χ0n) is 16.9.